The Balaban J connectivity index is 1.79. The summed E-state index contributed by atoms with van der Waals surface area (Å²) in [6.07, 6.45) is 2.47. The van der Waals surface area contributed by atoms with Crippen LogP contribution in [0.15, 0.2) is 5.51 Å². The molecule has 3 heterocycles. The molecule has 0 amide bonds. The number of hydrogen-bond acceptors (Lipinski definition) is 6. The lowest BCUT2D eigenvalue weighted by Gasteiger charge is -2.24. The van der Waals surface area contributed by atoms with Gasteiger partial charge in [-0.15, -0.1) is 10.2 Å². The van der Waals surface area contributed by atoms with E-state index in [-0.39, 0.29) is 17.8 Å². The van der Waals surface area contributed by atoms with Crippen molar-refractivity contribution < 1.29 is 8.42 Å². The van der Waals surface area contributed by atoms with Crippen LogP contribution in [0.25, 0.3) is 0 Å². The molecule has 0 saturated carbocycles. The Morgan fingerprint density at radius 1 is 1.37 bits per heavy atom. The van der Waals surface area contributed by atoms with Crippen LogP contribution < -0.4 is 4.90 Å². The summed E-state index contributed by atoms with van der Waals surface area (Å²) < 4.78 is 26.2. The first-order chi connectivity index (χ1) is 9.13. The molecular weight excluding hydrogens is 284 g/mol. The van der Waals surface area contributed by atoms with Crippen LogP contribution in [0.3, 0.4) is 0 Å². The van der Waals surface area contributed by atoms with E-state index >= 15 is 0 Å². The average molecular weight is 302 g/mol. The summed E-state index contributed by atoms with van der Waals surface area (Å²) in [6.45, 7) is 3.43. The third-order valence-corrected chi connectivity index (χ3v) is 6.76. The second-order valence-electron chi connectivity index (χ2n) is 5.05. The first-order valence-corrected chi connectivity index (χ1v) is 9.14. The van der Waals surface area contributed by atoms with E-state index in [0.29, 0.717) is 13.0 Å². The monoisotopic (exact) mass is 302 g/mol. The van der Waals surface area contributed by atoms with Gasteiger partial charge in [-0.05, 0) is 19.3 Å². The van der Waals surface area contributed by atoms with Crippen LogP contribution in [-0.4, -0.2) is 53.8 Å². The summed E-state index contributed by atoms with van der Waals surface area (Å²) in [4.78, 5) is 2.23. The topological polar surface area (TPSA) is 66.4 Å². The van der Waals surface area contributed by atoms with Gasteiger partial charge in [0.2, 0.25) is 15.2 Å². The SMILES string of the molecule is CCCS(=O)(=O)N1CC[C@@H]2[C@@H]1CCN2c1nncs1. The van der Waals surface area contributed by atoms with Crippen molar-refractivity contribution in [3.63, 3.8) is 0 Å². The molecule has 0 radical (unpaired) electrons. The van der Waals surface area contributed by atoms with Crippen molar-refractivity contribution in [3.8, 4) is 0 Å². The number of nitrogens with zero attached hydrogens (tertiary/aromatic N) is 4. The maximum Gasteiger partial charge on any atom is 0.214 e. The highest BCUT2D eigenvalue weighted by Gasteiger charge is 2.47. The zero-order chi connectivity index (χ0) is 13.5. The van der Waals surface area contributed by atoms with Crippen molar-refractivity contribution in [3.05, 3.63) is 5.51 Å². The van der Waals surface area contributed by atoms with E-state index in [1.165, 1.54) is 11.3 Å². The maximum atomic E-state index is 12.3. The summed E-state index contributed by atoms with van der Waals surface area (Å²) in [5.41, 5.74) is 1.73. The highest BCUT2D eigenvalue weighted by molar-refractivity contribution is 7.89. The normalized spacial score (nSPS) is 27.9. The number of rotatable bonds is 4. The Labute approximate surface area is 117 Å². The molecule has 0 aliphatic carbocycles. The summed E-state index contributed by atoms with van der Waals surface area (Å²) in [6, 6.07) is 0.403. The first-order valence-electron chi connectivity index (χ1n) is 6.66. The molecule has 0 bridgehead atoms. The third kappa shape index (κ3) is 2.25. The smallest absolute Gasteiger partial charge is 0.214 e. The van der Waals surface area contributed by atoms with E-state index in [2.05, 4.69) is 15.1 Å². The molecule has 2 aliphatic rings. The van der Waals surface area contributed by atoms with E-state index in [0.717, 1.165) is 24.5 Å². The predicted octanol–water partition coefficient (Wildman–Crippen LogP) is 0.931. The molecule has 2 fully saturated rings. The standard InChI is InChI=1S/C11H18N4O2S2/c1-2-7-19(16,17)15-6-4-9-10(15)3-5-14(9)11-13-12-8-18-11/h8-10H,2-7H2,1H3/t9-,10+/m1/s1. The van der Waals surface area contributed by atoms with Crippen LogP contribution in [0, 0.1) is 0 Å². The van der Waals surface area contributed by atoms with Gasteiger partial charge in [-0.1, -0.05) is 18.3 Å². The van der Waals surface area contributed by atoms with Crippen LogP contribution in [0.2, 0.25) is 0 Å². The average Bonchev–Trinajstić information content (AvgIpc) is 3.05. The largest absolute Gasteiger partial charge is 0.342 e. The Hall–Kier alpha value is -0.730. The highest BCUT2D eigenvalue weighted by atomic mass is 32.2. The molecule has 0 N–H and O–H groups in total. The van der Waals surface area contributed by atoms with Crippen LogP contribution in [0.5, 0.6) is 0 Å². The van der Waals surface area contributed by atoms with Gasteiger partial charge in [0.15, 0.2) is 0 Å². The molecule has 6 nitrogen and oxygen atoms in total. The number of hydrogen-bond donors (Lipinski definition) is 0. The number of aromatic nitrogens is 2. The molecule has 8 heteroatoms. The molecule has 0 unspecified atom stereocenters. The first kappa shape index (κ1) is 13.3. The molecule has 1 aromatic heterocycles. The molecule has 0 aromatic carbocycles. The summed E-state index contributed by atoms with van der Waals surface area (Å²) >= 11 is 1.52. The van der Waals surface area contributed by atoms with Crippen molar-refractivity contribution in [1.82, 2.24) is 14.5 Å². The van der Waals surface area contributed by atoms with E-state index in [4.69, 9.17) is 0 Å². The van der Waals surface area contributed by atoms with Crippen molar-refractivity contribution in [2.24, 2.45) is 0 Å². The Morgan fingerprint density at radius 2 is 2.16 bits per heavy atom. The molecule has 0 spiro atoms. The van der Waals surface area contributed by atoms with Gasteiger partial charge in [0.1, 0.15) is 5.51 Å². The lowest BCUT2D eigenvalue weighted by atomic mass is 10.1. The van der Waals surface area contributed by atoms with Gasteiger partial charge in [-0.25, -0.2) is 8.42 Å². The van der Waals surface area contributed by atoms with Gasteiger partial charge in [0.05, 0.1) is 5.75 Å². The minimum absolute atomic E-state index is 0.125. The van der Waals surface area contributed by atoms with Gasteiger partial charge in [-0.2, -0.15) is 4.31 Å². The van der Waals surface area contributed by atoms with Crippen LogP contribution in [0.4, 0.5) is 5.13 Å². The zero-order valence-corrected chi connectivity index (χ0v) is 12.5. The predicted molar refractivity (Wildman–Crippen MR) is 74.8 cm³/mol. The van der Waals surface area contributed by atoms with Gasteiger partial charge >= 0.3 is 0 Å². The van der Waals surface area contributed by atoms with Crippen molar-refractivity contribution in [2.75, 3.05) is 23.7 Å². The van der Waals surface area contributed by atoms with E-state index in [1.807, 2.05) is 6.92 Å². The van der Waals surface area contributed by atoms with E-state index < -0.39 is 10.0 Å². The van der Waals surface area contributed by atoms with Crippen molar-refractivity contribution >= 4 is 26.5 Å². The van der Waals surface area contributed by atoms with Crippen LogP contribution in [-0.2, 0) is 10.0 Å². The van der Waals surface area contributed by atoms with Gasteiger partial charge in [0, 0.05) is 25.2 Å². The number of fused-ring (bicyclic) bond motifs is 1. The fourth-order valence-corrected chi connectivity index (χ4v) is 5.63. The molecular formula is C11H18N4O2S2. The maximum absolute atomic E-state index is 12.3. The molecule has 106 valence electrons. The fraction of sp³-hybridized carbons (Fsp3) is 0.818. The van der Waals surface area contributed by atoms with E-state index in [1.54, 1.807) is 9.82 Å². The molecule has 19 heavy (non-hydrogen) atoms. The summed E-state index contributed by atoms with van der Waals surface area (Å²) in [7, 11) is -3.08. The van der Waals surface area contributed by atoms with Crippen molar-refractivity contribution in [2.45, 2.75) is 38.3 Å². The fourth-order valence-electron chi connectivity index (χ4n) is 3.20. The second kappa shape index (κ2) is 4.99. The molecule has 2 aliphatic heterocycles. The highest BCUT2D eigenvalue weighted by Crippen LogP contribution is 2.36. The Morgan fingerprint density at radius 3 is 2.84 bits per heavy atom. The number of anilines is 1. The van der Waals surface area contributed by atoms with Gasteiger partial charge in [0.25, 0.3) is 0 Å². The molecule has 1 aromatic rings. The van der Waals surface area contributed by atoms with Gasteiger partial charge in [-0.3, -0.25) is 0 Å². The van der Waals surface area contributed by atoms with Crippen molar-refractivity contribution in [1.29, 1.82) is 0 Å². The molecule has 2 saturated heterocycles. The lowest BCUT2D eigenvalue weighted by molar-refractivity contribution is 0.388. The second-order valence-corrected chi connectivity index (χ2v) is 7.91. The summed E-state index contributed by atoms with van der Waals surface area (Å²) in [5, 5.41) is 8.90. The molecule has 3 rings (SSSR count). The lowest BCUT2D eigenvalue weighted by Crippen LogP contribution is -2.40. The number of sulfonamides is 1. The Bertz CT molecular complexity index is 531. The van der Waals surface area contributed by atoms with Crippen LogP contribution in [0.1, 0.15) is 26.2 Å². The minimum Gasteiger partial charge on any atom is -0.342 e. The quantitative estimate of drug-likeness (QED) is 0.828. The Kier molecular flexibility index (Phi) is 3.48. The third-order valence-electron chi connectivity index (χ3n) is 3.94. The van der Waals surface area contributed by atoms with E-state index in [9.17, 15) is 8.42 Å². The zero-order valence-electron chi connectivity index (χ0n) is 10.9. The van der Waals surface area contributed by atoms with Gasteiger partial charge < -0.3 is 4.90 Å². The summed E-state index contributed by atoms with van der Waals surface area (Å²) in [5.74, 6) is 0.259. The minimum atomic E-state index is -3.08. The molecule has 2 atom stereocenters. The van der Waals surface area contributed by atoms with Crippen LogP contribution >= 0.6 is 11.3 Å².